The lowest BCUT2D eigenvalue weighted by atomic mass is 9.80. The highest BCUT2D eigenvalue weighted by molar-refractivity contribution is 6.18. The van der Waals surface area contributed by atoms with Crippen molar-refractivity contribution in [1.29, 1.82) is 0 Å². The van der Waals surface area contributed by atoms with Gasteiger partial charge < -0.3 is 9.84 Å². The Morgan fingerprint density at radius 1 is 1.46 bits per heavy atom. The van der Waals surface area contributed by atoms with E-state index in [1.54, 1.807) is 0 Å². The molecule has 0 amide bonds. The maximum absolute atomic E-state index is 11.0. The van der Waals surface area contributed by atoms with Gasteiger partial charge in [-0.15, -0.1) is 11.6 Å². The number of epoxide rings is 1. The maximum Gasteiger partial charge on any atom is 0.307 e. The van der Waals surface area contributed by atoms with Crippen LogP contribution in [0.1, 0.15) is 6.42 Å². The van der Waals surface area contributed by atoms with Crippen LogP contribution in [0, 0.1) is 23.7 Å². The van der Waals surface area contributed by atoms with Crippen molar-refractivity contribution in [2.24, 2.45) is 23.7 Å². The molecule has 0 aromatic carbocycles. The summed E-state index contributed by atoms with van der Waals surface area (Å²) in [6, 6.07) is 0. The van der Waals surface area contributed by atoms with Crippen LogP contribution in [0.3, 0.4) is 0 Å². The molecule has 3 rings (SSSR count). The van der Waals surface area contributed by atoms with Crippen LogP contribution in [-0.2, 0) is 9.53 Å². The van der Waals surface area contributed by atoms with Gasteiger partial charge in [0.15, 0.2) is 0 Å². The first kappa shape index (κ1) is 8.06. The molecule has 2 bridgehead atoms. The van der Waals surface area contributed by atoms with Gasteiger partial charge in [-0.1, -0.05) is 0 Å². The Morgan fingerprint density at radius 3 is 2.77 bits per heavy atom. The predicted octanol–water partition coefficient (Wildman–Crippen LogP) is 0.959. The molecule has 0 aromatic heterocycles. The van der Waals surface area contributed by atoms with E-state index in [4.69, 9.17) is 21.4 Å². The summed E-state index contributed by atoms with van der Waals surface area (Å²) in [5.74, 6) is 0.348. The Kier molecular flexibility index (Phi) is 1.48. The van der Waals surface area contributed by atoms with E-state index in [0.717, 1.165) is 6.42 Å². The second kappa shape index (κ2) is 2.39. The van der Waals surface area contributed by atoms with Gasteiger partial charge in [-0.25, -0.2) is 0 Å². The first-order chi connectivity index (χ1) is 6.24. The number of rotatable bonds is 2. The third-order valence-corrected chi connectivity index (χ3v) is 4.24. The van der Waals surface area contributed by atoms with Gasteiger partial charge in [-0.3, -0.25) is 4.79 Å². The number of carboxylic acid groups (broad SMARTS) is 1. The van der Waals surface area contributed by atoms with Crippen molar-refractivity contribution in [2.75, 3.05) is 5.88 Å². The number of alkyl halides is 1. The molecule has 0 spiro atoms. The molecule has 0 radical (unpaired) electrons. The molecule has 1 N–H and O–H groups in total. The lowest BCUT2D eigenvalue weighted by Crippen LogP contribution is -2.34. The molecule has 2 aliphatic carbocycles. The fourth-order valence-corrected chi connectivity index (χ4v) is 3.76. The number of hydrogen-bond donors (Lipinski definition) is 1. The Hall–Kier alpha value is -0.280. The zero-order valence-electron chi connectivity index (χ0n) is 7.02. The number of ether oxygens (including phenoxy) is 1. The normalized spacial score (nSPS) is 56.4. The summed E-state index contributed by atoms with van der Waals surface area (Å²) >= 11 is 5.81. The number of fused-ring (bicyclic) bond motifs is 5. The second-order valence-electron chi connectivity index (χ2n) is 4.31. The lowest BCUT2D eigenvalue weighted by molar-refractivity contribution is -0.144. The molecule has 1 saturated heterocycles. The summed E-state index contributed by atoms with van der Waals surface area (Å²) in [6.45, 7) is 0. The molecular weight excluding hydrogens is 192 g/mol. The highest BCUT2D eigenvalue weighted by Gasteiger charge is 2.68. The van der Waals surface area contributed by atoms with Crippen molar-refractivity contribution < 1.29 is 14.6 Å². The van der Waals surface area contributed by atoms with Gasteiger partial charge >= 0.3 is 5.97 Å². The average Bonchev–Trinajstić information content (AvgIpc) is 2.72. The zero-order chi connectivity index (χ0) is 9.16. The van der Waals surface area contributed by atoms with Crippen LogP contribution in [0.5, 0.6) is 0 Å². The Morgan fingerprint density at radius 2 is 2.15 bits per heavy atom. The van der Waals surface area contributed by atoms with Gasteiger partial charge in [0.05, 0.1) is 18.1 Å². The largest absolute Gasteiger partial charge is 0.481 e. The standard InChI is InChI=1S/C9H11ClO3/c10-2-5-3-1-4(6(5)9(11)12)8-7(3)13-8/h3-8H,1-2H2,(H,11,12)/t3-,4+,5+,6+,7+,8-/m0/s1. The molecular formula is C9H11ClO3. The molecule has 0 unspecified atom stereocenters. The van der Waals surface area contributed by atoms with Crippen molar-refractivity contribution in [2.45, 2.75) is 18.6 Å². The molecule has 1 heterocycles. The summed E-state index contributed by atoms with van der Waals surface area (Å²) < 4.78 is 5.43. The quantitative estimate of drug-likeness (QED) is 0.536. The number of carboxylic acids is 1. The molecule has 0 aromatic rings. The SMILES string of the molecule is O=C(O)[C@H]1[C@H](CCl)[C@@H]2C[C@H]1[C@@H]1O[C@H]21. The monoisotopic (exact) mass is 202 g/mol. The molecule has 3 aliphatic rings. The number of hydrogen-bond acceptors (Lipinski definition) is 2. The summed E-state index contributed by atoms with van der Waals surface area (Å²) in [4.78, 5) is 11.0. The van der Waals surface area contributed by atoms with Gasteiger partial charge in [0.2, 0.25) is 0 Å². The minimum Gasteiger partial charge on any atom is -0.481 e. The molecule has 4 heteroatoms. The van der Waals surface area contributed by atoms with E-state index in [0.29, 0.717) is 17.9 Å². The van der Waals surface area contributed by atoms with E-state index in [9.17, 15) is 4.79 Å². The Bertz CT molecular complexity index is 268. The van der Waals surface area contributed by atoms with Crippen LogP contribution in [-0.4, -0.2) is 29.2 Å². The highest BCUT2D eigenvalue weighted by atomic mass is 35.5. The van der Waals surface area contributed by atoms with Crippen LogP contribution in [0.15, 0.2) is 0 Å². The second-order valence-corrected chi connectivity index (χ2v) is 4.62. The van der Waals surface area contributed by atoms with E-state index in [1.807, 2.05) is 0 Å². The smallest absolute Gasteiger partial charge is 0.307 e. The summed E-state index contributed by atoms with van der Waals surface area (Å²) in [7, 11) is 0. The number of halogens is 1. The zero-order valence-corrected chi connectivity index (χ0v) is 7.78. The van der Waals surface area contributed by atoms with Gasteiger partial charge in [-0.2, -0.15) is 0 Å². The van der Waals surface area contributed by atoms with E-state index in [-0.39, 0.29) is 23.9 Å². The van der Waals surface area contributed by atoms with Gasteiger partial charge in [0.25, 0.3) is 0 Å². The highest BCUT2D eigenvalue weighted by Crippen LogP contribution is 2.61. The van der Waals surface area contributed by atoms with Gasteiger partial charge in [0, 0.05) is 11.8 Å². The van der Waals surface area contributed by atoms with Crippen LogP contribution in [0.2, 0.25) is 0 Å². The first-order valence-electron chi connectivity index (χ1n) is 4.68. The van der Waals surface area contributed by atoms with Crippen LogP contribution >= 0.6 is 11.6 Å². The molecule has 13 heavy (non-hydrogen) atoms. The fourth-order valence-electron chi connectivity index (χ4n) is 3.34. The van der Waals surface area contributed by atoms with Crippen LogP contribution in [0.25, 0.3) is 0 Å². The summed E-state index contributed by atoms with van der Waals surface area (Å²) in [5.41, 5.74) is 0. The number of aliphatic carboxylic acids is 1. The minimum absolute atomic E-state index is 0.146. The molecule has 1 aliphatic heterocycles. The van der Waals surface area contributed by atoms with E-state index in [2.05, 4.69) is 0 Å². The van der Waals surface area contributed by atoms with E-state index < -0.39 is 5.97 Å². The summed E-state index contributed by atoms with van der Waals surface area (Å²) in [5, 5.41) is 9.06. The average molecular weight is 203 g/mol. The third-order valence-electron chi connectivity index (χ3n) is 3.89. The number of carbonyl (C=O) groups is 1. The minimum atomic E-state index is -0.688. The van der Waals surface area contributed by atoms with Crippen molar-refractivity contribution in [1.82, 2.24) is 0 Å². The molecule has 3 fully saturated rings. The first-order valence-corrected chi connectivity index (χ1v) is 5.21. The molecule has 6 atom stereocenters. The van der Waals surface area contributed by atoms with E-state index >= 15 is 0 Å². The maximum atomic E-state index is 11.0. The van der Waals surface area contributed by atoms with Crippen molar-refractivity contribution in [3.63, 3.8) is 0 Å². The Balaban J connectivity index is 1.90. The third kappa shape index (κ3) is 0.868. The van der Waals surface area contributed by atoms with Crippen molar-refractivity contribution >= 4 is 17.6 Å². The molecule has 3 nitrogen and oxygen atoms in total. The van der Waals surface area contributed by atoms with Gasteiger partial charge in [0.1, 0.15) is 0 Å². The fraction of sp³-hybridized carbons (Fsp3) is 0.889. The van der Waals surface area contributed by atoms with Gasteiger partial charge in [-0.05, 0) is 18.3 Å². The topological polar surface area (TPSA) is 49.8 Å². The van der Waals surface area contributed by atoms with E-state index in [1.165, 1.54) is 0 Å². The van der Waals surface area contributed by atoms with Crippen molar-refractivity contribution in [3.05, 3.63) is 0 Å². The van der Waals surface area contributed by atoms with Crippen LogP contribution < -0.4 is 0 Å². The lowest BCUT2D eigenvalue weighted by Gasteiger charge is -2.23. The Labute approximate surface area is 81.0 Å². The molecule has 2 saturated carbocycles. The van der Waals surface area contributed by atoms with Crippen molar-refractivity contribution in [3.8, 4) is 0 Å². The molecule has 72 valence electrons. The predicted molar refractivity (Wildman–Crippen MR) is 45.6 cm³/mol. The van der Waals surface area contributed by atoms with Crippen LogP contribution in [0.4, 0.5) is 0 Å². The summed E-state index contributed by atoms with van der Waals surface area (Å²) in [6.07, 6.45) is 1.62.